The maximum Gasteiger partial charge on any atom is 0.264 e. The van der Waals surface area contributed by atoms with Crippen molar-refractivity contribution in [2.75, 3.05) is 16.2 Å². The van der Waals surface area contributed by atoms with E-state index in [2.05, 4.69) is 36.6 Å². The Balaban J connectivity index is 2.10. The molecule has 0 spiro atoms. The minimum absolute atomic E-state index is 0.104. The van der Waals surface area contributed by atoms with Crippen LogP contribution in [0.5, 0.6) is 0 Å². The molecule has 1 amide bonds. The Kier molecular flexibility index (Phi) is 4.96. The van der Waals surface area contributed by atoms with E-state index in [-0.39, 0.29) is 10.8 Å². The van der Waals surface area contributed by atoms with E-state index in [4.69, 9.17) is 0 Å². The Morgan fingerprint density at radius 2 is 1.88 bits per heavy atom. The van der Waals surface area contributed by atoms with Crippen molar-refractivity contribution < 1.29 is 13.2 Å². The van der Waals surface area contributed by atoms with Gasteiger partial charge in [0.15, 0.2) is 0 Å². The lowest BCUT2D eigenvalue weighted by Gasteiger charge is -2.20. The van der Waals surface area contributed by atoms with Crippen molar-refractivity contribution in [3.63, 3.8) is 0 Å². The molecule has 0 saturated carbocycles. The summed E-state index contributed by atoms with van der Waals surface area (Å²) in [6.45, 7) is 3.76. The molecule has 132 valence electrons. The van der Waals surface area contributed by atoms with E-state index >= 15 is 0 Å². The molecule has 0 aromatic heterocycles. The van der Waals surface area contributed by atoms with E-state index in [1.807, 2.05) is 19.1 Å². The van der Waals surface area contributed by atoms with Crippen LogP contribution in [-0.2, 0) is 21.2 Å². The molecular weight excluding hydrogens is 472 g/mol. The second-order valence-electron chi connectivity index (χ2n) is 5.90. The molecular formula is C17H16Br2N2O3S. The van der Waals surface area contributed by atoms with Crippen LogP contribution in [0.25, 0.3) is 0 Å². The van der Waals surface area contributed by atoms with Gasteiger partial charge in [-0.15, -0.1) is 0 Å². The monoisotopic (exact) mass is 486 g/mol. The summed E-state index contributed by atoms with van der Waals surface area (Å²) in [6.07, 6.45) is 0.633. The van der Waals surface area contributed by atoms with Crippen LogP contribution < -0.4 is 9.62 Å². The first-order valence-corrected chi connectivity index (χ1v) is 10.7. The molecule has 1 heterocycles. The van der Waals surface area contributed by atoms with E-state index in [1.165, 1.54) is 17.9 Å². The molecule has 25 heavy (non-hydrogen) atoms. The molecule has 2 aromatic carbocycles. The highest BCUT2D eigenvalue weighted by molar-refractivity contribution is 9.10. The molecule has 0 atom stereocenters. The number of hydrogen-bond acceptors (Lipinski definition) is 3. The van der Waals surface area contributed by atoms with Gasteiger partial charge in [0.25, 0.3) is 10.0 Å². The quantitative estimate of drug-likeness (QED) is 0.704. The highest BCUT2D eigenvalue weighted by atomic mass is 79.9. The molecule has 5 nitrogen and oxygen atoms in total. The number of rotatable bonds is 3. The summed E-state index contributed by atoms with van der Waals surface area (Å²) in [5, 5.41) is 0. The molecule has 2 aromatic rings. The number of carbonyl (C=O) groups excluding carboxylic acids is 1. The molecule has 3 rings (SSSR count). The molecule has 1 N–H and O–H groups in total. The van der Waals surface area contributed by atoms with Crippen LogP contribution in [-0.4, -0.2) is 20.9 Å². The van der Waals surface area contributed by atoms with Gasteiger partial charge < -0.3 is 4.90 Å². The number of anilines is 2. The Morgan fingerprint density at radius 3 is 2.52 bits per heavy atom. The second-order valence-corrected chi connectivity index (χ2v) is 9.38. The van der Waals surface area contributed by atoms with Crippen molar-refractivity contribution in [1.29, 1.82) is 0 Å². The maximum absolute atomic E-state index is 13.0. The fraction of sp³-hybridized carbons (Fsp3) is 0.235. The fourth-order valence-electron chi connectivity index (χ4n) is 2.93. The minimum atomic E-state index is -3.85. The number of hydrogen-bond donors (Lipinski definition) is 1. The van der Waals surface area contributed by atoms with E-state index in [0.717, 1.165) is 15.6 Å². The zero-order valence-corrected chi connectivity index (χ0v) is 17.6. The molecule has 1 aliphatic rings. The first kappa shape index (κ1) is 18.4. The van der Waals surface area contributed by atoms with Gasteiger partial charge in [0, 0.05) is 22.4 Å². The predicted octanol–water partition coefficient (Wildman–Crippen LogP) is 4.23. The van der Waals surface area contributed by atoms with Crippen LogP contribution >= 0.6 is 31.9 Å². The molecule has 0 aliphatic carbocycles. The minimum Gasteiger partial charge on any atom is -0.311 e. The molecule has 8 heteroatoms. The van der Waals surface area contributed by atoms with E-state index < -0.39 is 10.0 Å². The Labute approximate surface area is 163 Å². The van der Waals surface area contributed by atoms with Crippen LogP contribution in [0.4, 0.5) is 11.4 Å². The summed E-state index contributed by atoms with van der Waals surface area (Å²) in [6, 6.07) is 8.72. The van der Waals surface area contributed by atoms with E-state index in [0.29, 0.717) is 28.8 Å². The standard InChI is InChI=1S/C17H16Br2N2O3S/c1-10-7-13(18)3-4-15(10)20-25(23,24)16-9-14(19)8-12-5-6-21(11(2)22)17(12)16/h3-4,7-9,20H,5-6H2,1-2H3. The highest BCUT2D eigenvalue weighted by Crippen LogP contribution is 2.38. The van der Waals surface area contributed by atoms with Crippen LogP contribution in [0, 0.1) is 6.92 Å². The van der Waals surface area contributed by atoms with Gasteiger partial charge in [-0.2, -0.15) is 0 Å². The average molecular weight is 488 g/mol. The maximum atomic E-state index is 13.0. The van der Waals surface area contributed by atoms with Crippen molar-refractivity contribution in [3.8, 4) is 0 Å². The van der Waals surface area contributed by atoms with E-state index in [9.17, 15) is 13.2 Å². The fourth-order valence-corrected chi connectivity index (χ4v) is 5.47. The van der Waals surface area contributed by atoms with Gasteiger partial charge >= 0.3 is 0 Å². The van der Waals surface area contributed by atoms with Crippen LogP contribution in [0.3, 0.4) is 0 Å². The third-order valence-corrected chi connectivity index (χ3v) is 6.43. The number of nitrogens with zero attached hydrogens (tertiary/aromatic N) is 1. The van der Waals surface area contributed by atoms with Crippen LogP contribution in [0.1, 0.15) is 18.1 Å². The van der Waals surface area contributed by atoms with Gasteiger partial charge in [-0.3, -0.25) is 9.52 Å². The zero-order chi connectivity index (χ0) is 18.4. The van der Waals surface area contributed by atoms with Gasteiger partial charge in [-0.1, -0.05) is 31.9 Å². The summed E-state index contributed by atoms with van der Waals surface area (Å²) >= 11 is 6.74. The summed E-state index contributed by atoms with van der Waals surface area (Å²) in [7, 11) is -3.85. The Hall–Kier alpha value is -1.38. The lowest BCUT2D eigenvalue weighted by atomic mass is 10.2. The lowest BCUT2D eigenvalue weighted by molar-refractivity contribution is -0.116. The highest BCUT2D eigenvalue weighted by Gasteiger charge is 2.31. The third-order valence-electron chi connectivity index (χ3n) is 4.10. The zero-order valence-electron chi connectivity index (χ0n) is 13.6. The van der Waals surface area contributed by atoms with Crippen molar-refractivity contribution in [2.24, 2.45) is 0 Å². The van der Waals surface area contributed by atoms with Crippen molar-refractivity contribution in [3.05, 3.63) is 50.4 Å². The largest absolute Gasteiger partial charge is 0.311 e. The number of carbonyl (C=O) groups is 1. The van der Waals surface area contributed by atoms with Crippen molar-refractivity contribution in [1.82, 2.24) is 0 Å². The van der Waals surface area contributed by atoms with Gasteiger partial charge in [-0.25, -0.2) is 8.42 Å². The molecule has 0 fully saturated rings. The van der Waals surface area contributed by atoms with Crippen LogP contribution in [0.2, 0.25) is 0 Å². The second kappa shape index (κ2) is 6.74. The molecule has 0 radical (unpaired) electrons. The number of benzene rings is 2. The molecule has 0 saturated heterocycles. The SMILES string of the molecule is CC(=O)N1CCc2cc(Br)cc(S(=O)(=O)Nc3ccc(Br)cc3C)c21. The summed E-state index contributed by atoms with van der Waals surface area (Å²) in [5.41, 5.74) is 2.62. The Bertz CT molecular complexity index is 974. The molecule has 0 bridgehead atoms. The average Bonchev–Trinajstić information content (AvgIpc) is 2.93. The number of halogens is 2. The number of sulfonamides is 1. The molecule has 1 aliphatic heterocycles. The van der Waals surface area contributed by atoms with Gasteiger partial charge in [0.2, 0.25) is 5.91 Å². The number of amides is 1. The summed E-state index contributed by atoms with van der Waals surface area (Å²) < 4.78 is 30.3. The number of fused-ring (bicyclic) bond motifs is 1. The molecule has 0 unspecified atom stereocenters. The van der Waals surface area contributed by atoms with Crippen LogP contribution in [0.15, 0.2) is 44.2 Å². The first-order chi connectivity index (χ1) is 11.7. The number of aryl methyl sites for hydroxylation is 1. The first-order valence-electron chi connectivity index (χ1n) is 7.58. The summed E-state index contributed by atoms with van der Waals surface area (Å²) in [5.74, 6) is -0.169. The number of nitrogens with one attached hydrogen (secondary N) is 1. The summed E-state index contributed by atoms with van der Waals surface area (Å²) in [4.78, 5) is 13.5. The topological polar surface area (TPSA) is 66.5 Å². The normalized spacial score (nSPS) is 13.7. The van der Waals surface area contributed by atoms with Gasteiger partial charge in [-0.05, 0) is 54.8 Å². The van der Waals surface area contributed by atoms with Crippen molar-refractivity contribution in [2.45, 2.75) is 25.2 Å². The van der Waals surface area contributed by atoms with Crippen molar-refractivity contribution >= 4 is 59.2 Å². The predicted molar refractivity (Wildman–Crippen MR) is 106 cm³/mol. The lowest BCUT2D eigenvalue weighted by Crippen LogP contribution is -2.28. The van der Waals surface area contributed by atoms with Gasteiger partial charge in [0.1, 0.15) is 4.90 Å². The van der Waals surface area contributed by atoms with E-state index in [1.54, 1.807) is 12.1 Å². The third kappa shape index (κ3) is 3.61. The smallest absolute Gasteiger partial charge is 0.264 e. The Morgan fingerprint density at radius 1 is 1.16 bits per heavy atom. The van der Waals surface area contributed by atoms with Gasteiger partial charge in [0.05, 0.1) is 11.4 Å².